The number of fused-ring (bicyclic) bond motifs is 1. The summed E-state index contributed by atoms with van der Waals surface area (Å²) in [5.74, 6) is 0.738. The highest BCUT2D eigenvalue weighted by Gasteiger charge is 2.22. The lowest BCUT2D eigenvalue weighted by Gasteiger charge is -2.23. The molecule has 1 amide bonds. The molecular weight excluding hydrogens is 450 g/mol. The molecule has 0 N–H and O–H groups in total. The number of ether oxygens (including phenoxy) is 2. The fraction of sp³-hybridized carbons (Fsp3) is 0.192. The molecule has 0 aliphatic heterocycles. The maximum atomic E-state index is 13.6. The van der Waals surface area contributed by atoms with Crippen LogP contribution in [0.15, 0.2) is 87.5 Å². The Morgan fingerprint density at radius 1 is 1.03 bits per heavy atom. The molecule has 2 heterocycles. The molecule has 0 unspecified atom stereocenters. The molecule has 0 aliphatic rings. The third-order valence-electron chi connectivity index (χ3n) is 5.60. The average Bonchev–Trinajstić information content (AvgIpc) is 3.40. The molecule has 2 aromatic heterocycles. The second-order valence-electron chi connectivity index (χ2n) is 7.69. The Morgan fingerprint density at radius 2 is 1.74 bits per heavy atom. The molecular formula is C26H25N3O6. The van der Waals surface area contributed by atoms with Crippen LogP contribution in [0.3, 0.4) is 0 Å². The molecule has 4 aromatic rings. The molecule has 0 bridgehead atoms. The first-order chi connectivity index (χ1) is 17.0. The molecule has 9 heteroatoms. The average molecular weight is 476 g/mol. The Kier molecular flexibility index (Phi) is 6.86. The van der Waals surface area contributed by atoms with E-state index in [1.807, 2.05) is 18.2 Å². The standard InChI is InChI=1S/C26H25N3O6/c1-4-12-27(18-9-6-5-7-10-18)24(30)17-28-21-15-23(34-3)22(33-2)14-20(21)25(31)29(26(28)32)16-19-11-8-13-35-19/h4-11,13-15H,1,12,16-17H2,2-3H3. The van der Waals surface area contributed by atoms with Crippen molar-refractivity contribution in [1.29, 1.82) is 0 Å². The number of benzene rings is 2. The van der Waals surface area contributed by atoms with Crippen molar-refractivity contribution in [2.24, 2.45) is 0 Å². The number of methoxy groups -OCH3 is 2. The number of anilines is 1. The Hall–Kier alpha value is -4.53. The molecule has 0 saturated carbocycles. The molecule has 4 rings (SSSR count). The van der Waals surface area contributed by atoms with Crippen molar-refractivity contribution in [3.05, 3.63) is 100 Å². The second kappa shape index (κ2) is 10.2. The highest BCUT2D eigenvalue weighted by molar-refractivity contribution is 5.94. The van der Waals surface area contributed by atoms with E-state index in [0.717, 1.165) is 4.57 Å². The summed E-state index contributed by atoms with van der Waals surface area (Å²) < 4.78 is 18.4. The second-order valence-corrected chi connectivity index (χ2v) is 7.69. The van der Waals surface area contributed by atoms with Crippen LogP contribution >= 0.6 is 0 Å². The van der Waals surface area contributed by atoms with Crippen molar-refractivity contribution in [2.45, 2.75) is 13.1 Å². The molecule has 35 heavy (non-hydrogen) atoms. The smallest absolute Gasteiger partial charge is 0.332 e. The van der Waals surface area contributed by atoms with Gasteiger partial charge in [0, 0.05) is 18.3 Å². The highest BCUT2D eigenvalue weighted by atomic mass is 16.5. The van der Waals surface area contributed by atoms with Gasteiger partial charge in [-0.25, -0.2) is 4.79 Å². The van der Waals surface area contributed by atoms with Crippen LogP contribution in [0.2, 0.25) is 0 Å². The molecule has 0 aliphatic carbocycles. The van der Waals surface area contributed by atoms with Gasteiger partial charge in [-0.05, 0) is 30.3 Å². The van der Waals surface area contributed by atoms with Crippen molar-refractivity contribution in [2.75, 3.05) is 25.7 Å². The van der Waals surface area contributed by atoms with Crippen LogP contribution in [-0.4, -0.2) is 35.8 Å². The zero-order chi connectivity index (χ0) is 24.9. The van der Waals surface area contributed by atoms with Crippen LogP contribution in [0.1, 0.15) is 5.76 Å². The number of furan rings is 1. The quantitative estimate of drug-likeness (QED) is 0.345. The third-order valence-corrected chi connectivity index (χ3v) is 5.60. The molecule has 9 nitrogen and oxygen atoms in total. The van der Waals surface area contributed by atoms with Crippen LogP contribution in [0.4, 0.5) is 5.69 Å². The van der Waals surface area contributed by atoms with Crippen LogP contribution in [0.5, 0.6) is 11.5 Å². The van der Waals surface area contributed by atoms with Crippen molar-refractivity contribution in [3.8, 4) is 11.5 Å². The minimum absolute atomic E-state index is 0.0851. The summed E-state index contributed by atoms with van der Waals surface area (Å²) in [6.07, 6.45) is 3.07. The van der Waals surface area contributed by atoms with Gasteiger partial charge in [0.2, 0.25) is 5.91 Å². The van der Waals surface area contributed by atoms with E-state index in [2.05, 4.69) is 6.58 Å². The summed E-state index contributed by atoms with van der Waals surface area (Å²) in [5, 5.41) is 0.205. The van der Waals surface area contributed by atoms with E-state index < -0.39 is 11.2 Å². The molecule has 0 fully saturated rings. The Balaban J connectivity index is 1.90. The number of nitrogens with zero attached hydrogens (tertiary/aromatic N) is 3. The van der Waals surface area contributed by atoms with Gasteiger partial charge in [-0.3, -0.25) is 18.7 Å². The Labute approximate surface area is 201 Å². The summed E-state index contributed by atoms with van der Waals surface area (Å²) in [6.45, 7) is 3.59. The lowest BCUT2D eigenvalue weighted by atomic mass is 10.2. The van der Waals surface area contributed by atoms with Gasteiger partial charge in [-0.2, -0.15) is 0 Å². The molecule has 2 aromatic carbocycles. The topological polar surface area (TPSA) is 95.9 Å². The zero-order valence-corrected chi connectivity index (χ0v) is 19.5. The van der Waals surface area contributed by atoms with E-state index in [1.54, 1.807) is 30.3 Å². The first-order valence-corrected chi connectivity index (χ1v) is 10.9. The highest BCUT2D eigenvalue weighted by Crippen LogP contribution is 2.30. The number of hydrogen-bond acceptors (Lipinski definition) is 6. The first-order valence-electron chi connectivity index (χ1n) is 10.9. The number of aromatic nitrogens is 2. The lowest BCUT2D eigenvalue weighted by molar-refractivity contribution is -0.119. The lowest BCUT2D eigenvalue weighted by Crippen LogP contribution is -2.43. The number of hydrogen-bond donors (Lipinski definition) is 0. The van der Waals surface area contributed by atoms with E-state index in [9.17, 15) is 14.4 Å². The van der Waals surface area contributed by atoms with Crippen LogP contribution < -0.4 is 25.6 Å². The van der Waals surface area contributed by atoms with Gasteiger partial charge in [-0.1, -0.05) is 24.3 Å². The van der Waals surface area contributed by atoms with Gasteiger partial charge in [0.15, 0.2) is 11.5 Å². The van der Waals surface area contributed by atoms with Gasteiger partial charge in [0.05, 0.1) is 37.9 Å². The van der Waals surface area contributed by atoms with Gasteiger partial charge >= 0.3 is 5.69 Å². The summed E-state index contributed by atoms with van der Waals surface area (Å²) >= 11 is 0. The van der Waals surface area contributed by atoms with Gasteiger partial charge < -0.3 is 18.8 Å². The summed E-state index contributed by atoms with van der Waals surface area (Å²) in [5.41, 5.74) is -0.255. The summed E-state index contributed by atoms with van der Waals surface area (Å²) in [7, 11) is 2.91. The van der Waals surface area contributed by atoms with Gasteiger partial charge in [0.25, 0.3) is 5.56 Å². The van der Waals surface area contributed by atoms with E-state index in [-0.39, 0.29) is 36.4 Å². The fourth-order valence-electron chi connectivity index (χ4n) is 3.90. The maximum absolute atomic E-state index is 13.6. The Morgan fingerprint density at radius 3 is 2.37 bits per heavy atom. The van der Waals surface area contributed by atoms with Crippen molar-refractivity contribution in [1.82, 2.24) is 9.13 Å². The molecule has 0 saturated heterocycles. The largest absolute Gasteiger partial charge is 0.493 e. The first kappa shape index (κ1) is 23.6. The van der Waals surface area contributed by atoms with Crippen LogP contribution in [-0.2, 0) is 17.9 Å². The minimum atomic E-state index is -0.647. The molecule has 0 atom stereocenters. The van der Waals surface area contributed by atoms with Crippen molar-refractivity contribution >= 4 is 22.5 Å². The number of rotatable bonds is 9. The number of para-hydroxylation sites is 1. The summed E-state index contributed by atoms with van der Waals surface area (Å²) in [4.78, 5) is 41.9. The summed E-state index contributed by atoms with van der Waals surface area (Å²) in [6, 6.07) is 15.5. The minimum Gasteiger partial charge on any atom is -0.493 e. The number of carbonyl (C=O) groups excluding carboxylic acids is 1. The monoisotopic (exact) mass is 475 g/mol. The number of amides is 1. The van der Waals surface area contributed by atoms with Crippen molar-refractivity contribution < 1.29 is 18.7 Å². The number of carbonyl (C=O) groups is 1. The van der Waals surface area contributed by atoms with Crippen LogP contribution in [0, 0.1) is 0 Å². The fourth-order valence-corrected chi connectivity index (χ4v) is 3.90. The molecule has 0 radical (unpaired) electrons. The van der Waals surface area contributed by atoms with E-state index in [4.69, 9.17) is 13.9 Å². The van der Waals surface area contributed by atoms with Gasteiger partial charge in [-0.15, -0.1) is 6.58 Å². The van der Waals surface area contributed by atoms with Gasteiger partial charge in [0.1, 0.15) is 12.3 Å². The van der Waals surface area contributed by atoms with E-state index in [0.29, 0.717) is 22.9 Å². The zero-order valence-electron chi connectivity index (χ0n) is 19.5. The normalized spacial score (nSPS) is 10.8. The Bertz CT molecular complexity index is 1470. The predicted octanol–water partition coefficient (Wildman–Crippen LogP) is 3.04. The SMILES string of the molecule is C=CCN(C(=O)Cn1c(=O)n(Cc2ccco2)c(=O)c2cc(OC)c(OC)cc21)c1ccccc1. The van der Waals surface area contributed by atoms with E-state index >= 15 is 0 Å². The predicted molar refractivity (Wildman–Crippen MR) is 132 cm³/mol. The molecule has 0 spiro atoms. The van der Waals surface area contributed by atoms with E-state index in [1.165, 1.54) is 42.1 Å². The molecule has 180 valence electrons. The third kappa shape index (κ3) is 4.61. The maximum Gasteiger partial charge on any atom is 0.332 e. The van der Waals surface area contributed by atoms with Crippen LogP contribution in [0.25, 0.3) is 10.9 Å². The van der Waals surface area contributed by atoms with Crippen molar-refractivity contribution in [3.63, 3.8) is 0 Å².